The van der Waals surface area contributed by atoms with E-state index in [-0.39, 0.29) is 0 Å². The van der Waals surface area contributed by atoms with Crippen LogP contribution in [0.2, 0.25) is 0 Å². The minimum absolute atomic E-state index is 0.323. The van der Waals surface area contributed by atoms with Crippen molar-refractivity contribution in [2.24, 2.45) is 5.92 Å². The van der Waals surface area contributed by atoms with Crippen LogP contribution in [0.25, 0.3) is 10.9 Å². The van der Waals surface area contributed by atoms with E-state index < -0.39 is 6.09 Å². The second-order valence-corrected chi connectivity index (χ2v) is 9.19. The van der Waals surface area contributed by atoms with Crippen molar-refractivity contribution in [2.45, 2.75) is 27.2 Å². The minimum atomic E-state index is -0.393. The fraction of sp³-hybridized carbons (Fsp3) is 0.407. The Labute approximate surface area is 196 Å². The Balaban J connectivity index is 1.28. The Bertz CT molecular complexity index is 1090. The molecule has 1 amide bonds. The summed E-state index contributed by atoms with van der Waals surface area (Å²) in [6.45, 7) is 11.6. The maximum Gasteiger partial charge on any atom is 0.411 e. The molecule has 0 unspecified atom stereocenters. The zero-order valence-electron chi connectivity index (χ0n) is 19.9. The number of nitrogens with one attached hydrogen (secondary N) is 1. The summed E-state index contributed by atoms with van der Waals surface area (Å²) < 4.78 is 5.21. The van der Waals surface area contributed by atoms with E-state index in [2.05, 4.69) is 56.5 Å². The van der Waals surface area contributed by atoms with E-state index >= 15 is 0 Å². The fourth-order valence-corrected chi connectivity index (χ4v) is 4.22. The van der Waals surface area contributed by atoms with E-state index in [0.29, 0.717) is 12.5 Å². The number of fused-ring (bicyclic) bond motifs is 1. The Hall–Kier alpha value is -3.12. The molecule has 1 aliphatic rings. The molecular formula is C27H34N4O2. The van der Waals surface area contributed by atoms with Crippen molar-refractivity contribution in [1.29, 1.82) is 0 Å². The molecule has 1 aromatic heterocycles. The van der Waals surface area contributed by atoms with Gasteiger partial charge in [-0.1, -0.05) is 32.0 Å². The van der Waals surface area contributed by atoms with E-state index in [1.807, 2.05) is 39.0 Å². The van der Waals surface area contributed by atoms with Crippen LogP contribution in [-0.4, -0.2) is 55.3 Å². The highest BCUT2D eigenvalue weighted by Crippen LogP contribution is 2.27. The lowest BCUT2D eigenvalue weighted by Gasteiger charge is -2.36. The van der Waals surface area contributed by atoms with Gasteiger partial charge in [-0.05, 0) is 61.2 Å². The number of nitrogens with zero attached hydrogens (tertiary/aromatic N) is 3. The molecule has 1 saturated heterocycles. The summed E-state index contributed by atoms with van der Waals surface area (Å²) in [6, 6.07) is 18.7. The van der Waals surface area contributed by atoms with Crippen LogP contribution < -0.4 is 10.2 Å². The van der Waals surface area contributed by atoms with Crippen LogP contribution in [0.15, 0.2) is 54.6 Å². The van der Waals surface area contributed by atoms with Crippen molar-refractivity contribution < 1.29 is 9.53 Å². The molecular weight excluding hydrogens is 412 g/mol. The molecule has 0 bridgehead atoms. The van der Waals surface area contributed by atoms with Crippen molar-refractivity contribution in [3.8, 4) is 0 Å². The summed E-state index contributed by atoms with van der Waals surface area (Å²) in [6.07, 6.45) is 0.560. The third-order valence-electron chi connectivity index (χ3n) is 6.00. The number of carbonyl (C=O) groups excluding carboxylic acids is 1. The summed E-state index contributed by atoms with van der Waals surface area (Å²) in [5.74, 6) is 0.323. The summed E-state index contributed by atoms with van der Waals surface area (Å²) in [5, 5.41) is 4.06. The SMILES string of the molecule is Cc1ccc2c(N3CCN(CCc4cccc(NC(=O)OCC(C)C)c4)CC3)cccc2n1. The van der Waals surface area contributed by atoms with Crippen molar-refractivity contribution in [1.82, 2.24) is 9.88 Å². The van der Waals surface area contributed by atoms with Crippen LogP contribution >= 0.6 is 0 Å². The van der Waals surface area contributed by atoms with Gasteiger partial charge in [0.05, 0.1) is 12.1 Å². The first-order valence-electron chi connectivity index (χ1n) is 11.8. The van der Waals surface area contributed by atoms with Crippen LogP contribution in [-0.2, 0) is 11.2 Å². The van der Waals surface area contributed by atoms with Crippen LogP contribution in [0.5, 0.6) is 0 Å². The number of hydrogen-bond donors (Lipinski definition) is 1. The van der Waals surface area contributed by atoms with Crippen molar-refractivity contribution >= 4 is 28.4 Å². The van der Waals surface area contributed by atoms with Crippen molar-refractivity contribution in [3.05, 3.63) is 65.9 Å². The summed E-state index contributed by atoms with van der Waals surface area (Å²) in [7, 11) is 0. The predicted octanol–water partition coefficient (Wildman–Crippen LogP) is 5.11. The smallest absolute Gasteiger partial charge is 0.411 e. The zero-order chi connectivity index (χ0) is 23.2. The summed E-state index contributed by atoms with van der Waals surface area (Å²) in [4.78, 5) is 21.6. The van der Waals surface area contributed by atoms with Crippen LogP contribution in [0, 0.1) is 12.8 Å². The van der Waals surface area contributed by atoms with Gasteiger partial charge in [-0.2, -0.15) is 0 Å². The average molecular weight is 447 g/mol. The van der Waals surface area contributed by atoms with Gasteiger partial charge < -0.3 is 9.64 Å². The monoisotopic (exact) mass is 446 g/mol. The first kappa shape index (κ1) is 23.1. The average Bonchev–Trinajstić information content (AvgIpc) is 2.81. The number of hydrogen-bond acceptors (Lipinski definition) is 5. The number of amides is 1. The highest BCUT2D eigenvalue weighted by molar-refractivity contribution is 5.92. The summed E-state index contributed by atoms with van der Waals surface area (Å²) in [5.41, 5.74) is 5.40. The van der Waals surface area contributed by atoms with E-state index in [1.165, 1.54) is 16.6 Å². The van der Waals surface area contributed by atoms with E-state index in [4.69, 9.17) is 4.74 Å². The predicted molar refractivity (Wildman–Crippen MR) is 135 cm³/mol. The number of carbonyl (C=O) groups is 1. The highest BCUT2D eigenvalue weighted by atomic mass is 16.5. The Kier molecular flexibility index (Phi) is 7.45. The molecule has 2 heterocycles. The van der Waals surface area contributed by atoms with Gasteiger partial charge in [0, 0.05) is 55.2 Å². The minimum Gasteiger partial charge on any atom is -0.449 e. The molecule has 6 heteroatoms. The number of aromatic nitrogens is 1. The number of aryl methyl sites for hydroxylation is 1. The molecule has 0 aliphatic carbocycles. The van der Waals surface area contributed by atoms with Gasteiger partial charge in [-0.3, -0.25) is 15.2 Å². The lowest BCUT2D eigenvalue weighted by molar-refractivity contribution is 0.147. The molecule has 0 saturated carbocycles. The van der Waals surface area contributed by atoms with Gasteiger partial charge in [-0.15, -0.1) is 0 Å². The topological polar surface area (TPSA) is 57.7 Å². The lowest BCUT2D eigenvalue weighted by Crippen LogP contribution is -2.47. The Morgan fingerprint density at radius 3 is 2.64 bits per heavy atom. The van der Waals surface area contributed by atoms with Gasteiger partial charge in [0.2, 0.25) is 0 Å². The second kappa shape index (κ2) is 10.7. The Morgan fingerprint density at radius 1 is 1.06 bits per heavy atom. The molecule has 1 N–H and O–H groups in total. The van der Waals surface area contributed by atoms with E-state index in [9.17, 15) is 4.79 Å². The number of pyridine rings is 1. The molecule has 4 rings (SSSR count). The number of benzene rings is 2. The molecule has 33 heavy (non-hydrogen) atoms. The molecule has 1 fully saturated rings. The summed E-state index contributed by atoms with van der Waals surface area (Å²) >= 11 is 0. The maximum atomic E-state index is 11.9. The van der Waals surface area contributed by atoms with Crippen LogP contribution in [0.1, 0.15) is 25.1 Å². The molecule has 174 valence electrons. The van der Waals surface area contributed by atoms with Crippen molar-refractivity contribution in [2.75, 3.05) is 49.5 Å². The van der Waals surface area contributed by atoms with E-state index in [1.54, 1.807) is 0 Å². The molecule has 0 spiro atoms. The Morgan fingerprint density at radius 2 is 1.85 bits per heavy atom. The third-order valence-corrected chi connectivity index (χ3v) is 6.00. The standard InChI is InChI=1S/C27H34N4O2/c1-20(2)19-33-27(32)29-23-7-4-6-22(18-23)12-13-30-14-16-31(17-15-30)26-9-5-8-25-24(26)11-10-21(3)28-25/h4-11,18,20H,12-17,19H2,1-3H3,(H,29,32). The highest BCUT2D eigenvalue weighted by Gasteiger charge is 2.19. The normalized spacial score (nSPS) is 14.6. The second-order valence-electron chi connectivity index (χ2n) is 9.19. The number of anilines is 2. The quantitative estimate of drug-likeness (QED) is 0.546. The fourth-order valence-electron chi connectivity index (χ4n) is 4.22. The number of ether oxygens (including phenoxy) is 1. The maximum absolute atomic E-state index is 11.9. The molecule has 1 aliphatic heterocycles. The molecule has 2 aromatic carbocycles. The molecule has 3 aromatic rings. The first-order chi connectivity index (χ1) is 16.0. The van der Waals surface area contributed by atoms with Gasteiger partial charge in [0.1, 0.15) is 0 Å². The zero-order valence-corrected chi connectivity index (χ0v) is 19.9. The van der Waals surface area contributed by atoms with Gasteiger partial charge in [-0.25, -0.2) is 4.79 Å². The van der Waals surface area contributed by atoms with Crippen molar-refractivity contribution in [3.63, 3.8) is 0 Å². The lowest BCUT2D eigenvalue weighted by atomic mass is 10.1. The molecule has 0 radical (unpaired) electrons. The molecule has 6 nitrogen and oxygen atoms in total. The number of piperazine rings is 1. The van der Waals surface area contributed by atoms with Crippen LogP contribution in [0.4, 0.5) is 16.2 Å². The van der Waals surface area contributed by atoms with Crippen LogP contribution in [0.3, 0.4) is 0 Å². The number of rotatable bonds is 7. The van der Waals surface area contributed by atoms with Gasteiger partial charge >= 0.3 is 6.09 Å². The van der Waals surface area contributed by atoms with Gasteiger partial charge in [0.25, 0.3) is 0 Å². The largest absolute Gasteiger partial charge is 0.449 e. The first-order valence-corrected chi connectivity index (χ1v) is 11.8. The van der Waals surface area contributed by atoms with E-state index in [0.717, 1.165) is 56.0 Å². The third kappa shape index (κ3) is 6.23. The van der Waals surface area contributed by atoms with Gasteiger partial charge in [0.15, 0.2) is 0 Å². The molecule has 0 atom stereocenters.